The van der Waals surface area contributed by atoms with E-state index >= 15 is 0 Å². The predicted molar refractivity (Wildman–Crippen MR) is 126 cm³/mol. The monoisotopic (exact) mass is 530 g/mol. The molecule has 0 spiro atoms. The zero-order valence-corrected chi connectivity index (χ0v) is 21.9. The minimum absolute atomic E-state index is 0.0262. The molecular formula is C18H35Cl2NP3Ru+3. The van der Waals surface area contributed by atoms with E-state index < -0.39 is 0 Å². The zero-order chi connectivity index (χ0) is 18.2. The summed E-state index contributed by atoms with van der Waals surface area (Å²) < 4.78 is 0. The Kier molecular flexibility index (Phi) is 17.5. The average molecular weight is 530 g/mol. The number of hydrogen-bond donors (Lipinski definition) is 0. The molecule has 1 aliphatic heterocycles. The SMILES string of the molecule is C[PH+]1CCC[PH2+]CCN(Cc2ccccc2)CC[PH2+]CCC1.[Cl][Ru][Cl]. The van der Waals surface area contributed by atoms with Crippen molar-refractivity contribution in [2.75, 3.05) is 56.7 Å². The molecule has 0 radical (unpaired) electrons. The van der Waals surface area contributed by atoms with Gasteiger partial charge in [-0.15, -0.1) is 0 Å². The molecule has 0 N–H and O–H groups in total. The van der Waals surface area contributed by atoms with Crippen LogP contribution in [0.3, 0.4) is 0 Å². The van der Waals surface area contributed by atoms with Crippen LogP contribution in [0.15, 0.2) is 30.3 Å². The Morgan fingerprint density at radius 2 is 1.48 bits per heavy atom. The quantitative estimate of drug-likeness (QED) is 0.370. The molecule has 1 heterocycles. The molecule has 0 saturated carbocycles. The molecule has 7 heteroatoms. The molecule has 0 aromatic heterocycles. The molecule has 25 heavy (non-hydrogen) atoms. The van der Waals surface area contributed by atoms with Gasteiger partial charge in [0.25, 0.3) is 0 Å². The van der Waals surface area contributed by atoms with Crippen molar-refractivity contribution in [3.63, 3.8) is 0 Å². The Morgan fingerprint density at radius 1 is 0.960 bits per heavy atom. The van der Waals surface area contributed by atoms with Crippen molar-refractivity contribution in [3.05, 3.63) is 35.9 Å². The van der Waals surface area contributed by atoms with Crippen molar-refractivity contribution >= 4 is 44.5 Å². The fourth-order valence-corrected chi connectivity index (χ4v) is 8.51. The van der Waals surface area contributed by atoms with Gasteiger partial charge < -0.3 is 0 Å². The van der Waals surface area contributed by atoms with Crippen LogP contribution in [-0.2, 0) is 21.7 Å². The molecule has 1 aromatic carbocycles. The zero-order valence-electron chi connectivity index (χ0n) is 15.4. The Labute approximate surface area is 175 Å². The number of hydrogen-bond acceptors (Lipinski definition) is 1. The summed E-state index contributed by atoms with van der Waals surface area (Å²) in [5, 5.41) is 0. The van der Waals surface area contributed by atoms with Gasteiger partial charge in [0, 0.05) is 39.1 Å². The molecule has 1 saturated heterocycles. The standard InChI is InChI=1S/C18H32NP3.2ClH.Ru/c1-22-15-5-11-20-13-9-19(10-14-21-12-6-16-22)17-18-7-3-2-4-8-18;;;/h2-4,7-8,20-21H,5-6,9-17H2,1H3;2*1H;/q;;;+2/p+1. The fraction of sp³-hybridized carbons (Fsp3) is 0.667. The van der Waals surface area contributed by atoms with E-state index in [1.54, 1.807) is 24.6 Å². The number of benzene rings is 1. The molecule has 0 bridgehead atoms. The number of halogens is 2. The van der Waals surface area contributed by atoms with Gasteiger partial charge in [0.2, 0.25) is 0 Å². The number of nitrogens with zero attached hydrogens (tertiary/aromatic N) is 1. The topological polar surface area (TPSA) is 3.24 Å². The third-order valence-electron chi connectivity index (χ3n) is 4.57. The number of rotatable bonds is 2. The van der Waals surface area contributed by atoms with Gasteiger partial charge in [0.15, 0.2) is 0 Å². The molecule has 2 atom stereocenters. The molecule has 1 fully saturated rings. The third kappa shape index (κ3) is 14.3. The van der Waals surface area contributed by atoms with E-state index in [4.69, 9.17) is 19.4 Å². The van der Waals surface area contributed by atoms with Crippen molar-refractivity contribution in [2.45, 2.75) is 19.4 Å². The average Bonchev–Trinajstić information content (AvgIpc) is 2.61. The molecule has 146 valence electrons. The van der Waals surface area contributed by atoms with Crippen LogP contribution < -0.4 is 0 Å². The molecule has 0 aliphatic carbocycles. The Hall–Kier alpha value is 1.67. The van der Waals surface area contributed by atoms with Gasteiger partial charge in [0.1, 0.15) is 0 Å². The third-order valence-corrected chi connectivity index (χ3v) is 9.95. The summed E-state index contributed by atoms with van der Waals surface area (Å²) in [4.78, 5) is 2.73. The van der Waals surface area contributed by atoms with E-state index in [2.05, 4.69) is 41.9 Å². The van der Waals surface area contributed by atoms with Gasteiger partial charge in [0.05, 0.1) is 37.0 Å². The van der Waals surface area contributed by atoms with E-state index in [9.17, 15) is 0 Å². The first-order valence-electron chi connectivity index (χ1n) is 9.32. The van der Waals surface area contributed by atoms with Crippen LogP contribution in [0.1, 0.15) is 18.4 Å². The summed E-state index contributed by atoms with van der Waals surface area (Å²) in [6.45, 7) is 6.42. The predicted octanol–water partition coefficient (Wildman–Crippen LogP) is 5.32. The Balaban J connectivity index is 0.000000970. The second kappa shape index (κ2) is 17.8. The molecule has 0 amide bonds. The molecule has 1 aliphatic rings. The van der Waals surface area contributed by atoms with Crippen LogP contribution in [0.2, 0.25) is 0 Å². The second-order valence-corrected chi connectivity index (χ2v) is 15.7. The molecule has 1 aromatic rings. The van der Waals surface area contributed by atoms with Gasteiger partial charge in [-0.05, 0) is 30.6 Å². The first-order chi connectivity index (χ1) is 12.3. The maximum absolute atomic E-state index is 4.85. The fourth-order valence-electron chi connectivity index (χ4n) is 3.17. The van der Waals surface area contributed by atoms with Crippen LogP contribution in [0.5, 0.6) is 0 Å². The molecule has 1 nitrogen and oxygen atoms in total. The minimum atomic E-state index is -0.346. The van der Waals surface area contributed by atoms with Crippen molar-refractivity contribution in [1.29, 1.82) is 0 Å². The first-order valence-corrected chi connectivity index (χ1v) is 19.5. The van der Waals surface area contributed by atoms with Gasteiger partial charge in [-0.2, -0.15) is 0 Å². The van der Waals surface area contributed by atoms with Crippen LogP contribution in [-0.4, -0.2) is 61.6 Å². The normalized spacial score (nSPS) is 23.7. The van der Waals surface area contributed by atoms with Gasteiger partial charge in [-0.1, -0.05) is 30.3 Å². The van der Waals surface area contributed by atoms with Crippen molar-refractivity contribution in [2.24, 2.45) is 0 Å². The van der Waals surface area contributed by atoms with Crippen LogP contribution in [0.4, 0.5) is 0 Å². The van der Waals surface area contributed by atoms with E-state index in [1.807, 2.05) is 0 Å². The van der Waals surface area contributed by atoms with Crippen LogP contribution in [0.25, 0.3) is 0 Å². The summed E-state index contributed by atoms with van der Waals surface area (Å²) in [5.41, 5.74) is 1.49. The van der Waals surface area contributed by atoms with Gasteiger partial charge >= 0.3 is 34.5 Å². The maximum atomic E-state index is 4.85. The summed E-state index contributed by atoms with van der Waals surface area (Å²) in [5.74, 6) is 0. The first kappa shape index (κ1) is 24.7. The van der Waals surface area contributed by atoms with E-state index in [1.165, 1.54) is 50.4 Å². The second-order valence-electron chi connectivity index (χ2n) is 6.71. The van der Waals surface area contributed by atoms with Crippen LogP contribution in [0, 0.1) is 0 Å². The molecule has 2 unspecified atom stereocenters. The van der Waals surface area contributed by atoms with Gasteiger partial charge in [-0.25, -0.2) is 0 Å². The van der Waals surface area contributed by atoms with Crippen molar-refractivity contribution < 1.29 is 15.1 Å². The summed E-state index contributed by atoms with van der Waals surface area (Å²) in [6.07, 6.45) is 12.3. The van der Waals surface area contributed by atoms with Crippen LogP contribution >= 0.6 is 44.5 Å². The van der Waals surface area contributed by atoms with Crippen molar-refractivity contribution in [3.8, 4) is 0 Å². The molecular weight excluding hydrogens is 495 g/mol. The summed E-state index contributed by atoms with van der Waals surface area (Å²) >= 11 is -0.346. The Bertz CT molecular complexity index is 399. The summed E-state index contributed by atoms with van der Waals surface area (Å²) in [6, 6.07) is 11.1. The van der Waals surface area contributed by atoms with E-state index in [-0.39, 0.29) is 23.1 Å². The summed E-state index contributed by atoms with van der Waals surface area (Å²) in [7, 11) is 11.1. The van der Waals surface area contributed by atoms with Gasteiger partial charge in [-0.3, -0.25) is 4.90 Å². The van der Waals surface area contributed by atoms with E-state index in [0.29, 0.717) is 17.2 Å². The Morgan fingerprint density at radius 3 is 2.00 bits per heavy atom. The molecule has 2 rings (SSSR count). The van der Waals surface area contributed by atoms with Crippen molar-refractivity contribution in [1.82, 2.24) is 4.90 Å². The van der Waals surface area contributed by atoms with E-state index in [0.717, 1.165) is 0 Å².